The largest absolute Gasteiger partial charge is 0.341 e. The Bertz CT molecular complexity index is 257. The molecule has 1 heterocycles. The first kappa shape index (κ1) is 15.4. The molecule has 0 aliphatic carbocycles. The van der Waals surface area contributed by atoms with Crippen molar-refractivity contribution in [3.63, 3.8) is 0 Å². The normalized spacial score (nSPS) is 22.8. The molecule has 0 saturated carbocycles. The van der Waals surface area contributed by atoms with Gasteiger partial charge >= 0.3 is 0 Å². The summed E-state index contributed by atoms with van der Waals surface area (Å²) in [5.41, 5.74) is 5.53. The topological polar surface area (TPSA) is 49.6 Å². The van der Waals surface area contributed by atoms with Gasteiger partial charge in [0.25, 0.3) is 0 Å². The highest BCUT2D eigenvalue weighted by molar-refractivity contribution is 5.76. The Labute approximate surface area is 111 Å². The van der Waals surface area contributed by atoms with Crippen LogP contribution in [0.3, 0.4) is 0 Å². The molecule has 0 aromatic rings. The van der Waals surface area contributed by atoms with E-state index in [1.54, 1.807) is 0 Å². The number of rotatable bonds is 6. The number of amides is 1. The van der Waals surface area contributed by atoms with Gasteiger partial charge in [-0.25, -0.2) is 0 Å². The van der Waals surface area contributed by atoms with E-state index in [4.69, 9.17) is 5.73 Å². The molecule has 1 fully saturated rings. The lowest BCUT2D eigenvalue weighted by atomic mass is 10.00. The maximum Gasteiger partial charge on any atom is 0.222 e. The van der Waals surface area contributed by atoms with Crippen LogP contribution in [0.1, 0.15) is 39.0 Å². The number of nitrogens with two attached hydrogens (primary N) is 1. The van der Waals surface area contributed by atoms with Gasteiger partial charge in [0.15, 0.2) is 0 Å². The van der Waals surface area contributed by atoms with Crippen molar-refractivity contribution in [1.82, 2.24) is 9.80 Å². The molecule has 4 nitrogen and oxygen atoms in total. The molecule has 2 N–H and O–H groups in total. The fourth-order valence-corrected chi connectivity index (χ4v) is 2.63. The van der Waals surface area contributed by atoms with Crippen LogP contribution in [0, 0.1) is 5.92 Å². The predicted molar refractivity (Wildman–Crippen MR) is 75.4 cm³/mol. The van der Waals surface area contributed by atoms with Gasteiger partial charge in [0, 0.05) is 26.1 Å². The molecule has 4 heteroatoms. The second kappa shape index (κ2) is 7.74. The molecule has 2 atom stereocenters. The number of hydrogen-bond acceptors (Lipinski definition) is 3. The van der Waals surface area contributed by atoms with Crippen LogP contribution in [-0.4, -0.2) is 55.5 Å². The standard InChI is InChI=1S/C14H29N3O/c1-12(8-9-15)6-7-14(18)17(3)13-5-4-10-16(2)11-13/h12-13H,4-11,15H2,1-3H3. The summed E-state index contributed by atoms with van der Waals surface area (Å²) in [5.74, 6) is 0.848. The van der Waals surface area contributed by atoms with E-state index in [2.05, 4.69) is 18.9 Å². The Kier molecular flexibility index (Phi) is 6.65. The maximum absolute atomic E-state index is 12.1. The third-order valence-electron chi connectivity index (χ3n) is 4.05. The van der Waals surface area contributed by atoms with E-state index in [9.17, 15) is 4.79 Å². The minimum absolute atomic E-state index is 0.291. The number of hydrogen-bond donors (Lipinski definition) is 1. The monoisotopic (exact) mass is 255 g/mol. The minimum atomic E-state index is 0.291. The molecule has 0 bridgehead atoms. The lowest BCUT2D eigenvalue weighted by Crippen LogP contribution is -2.47. The lowest BCUT2D eigenvalue weighted by molar-refractivity contribution is -0.133. The summed E-state index contributed by atoms with van der Waals surface area (Å²) in [4.78, 5) is 16.4. The fourth-order valence-electron chi connectivity index (χ4n) is 2.63. The smallest absolute Gasteiger partial charge is 0.222 e. The molecule has 0 radical (unpaired) electrons. The first-order valence-corrected chi connectivity index (χ1v) is 7.18. The average Bonchev–Trinajstić information content (AvgIpc) is 2.35. The average molecular weight is 255 g/mol. The molecule has 1 aliphatic heterocycles. The van der Waals surface area contributed by atoms with Crippen LogP contribution in [0.25, 0.3) is 0 Å². The number of likely N-dealkylation sites (tertiary alicyclic amines) is 1. The van der Waals surface area contributed by atoms with Crippen LogP contribution >= 0.6 is 0 Å². The van der Waals surface area contributed by atoms with Crippen molar-refractivity contribution in [2.24, 2.45) is 11.7 Å². The van der Waals surface area contributed by atoms with Crippen molar-refractivity contribution in [1.29, 1.82) is 0 Å². The van der Waals surface area contributed by atoms with E-state index in [-0.39, 0.29) is 0 Å². The van der Waals surface area contributed by atoms with Gasteiger partial charge in [-0.3, -0.25) is 4.79 Å². The van der Waals surface area contributed by atoms with E-state index < -0.39 is 0 Å². The fraction of sp³-hybridized carbons (Fsp3) is 0.929. The number of carbonyl (C=O) groups is 1. The van der Waals surface area contributed by atoms with Gasteiger partial charge in [-0.1, -0.05) is 6.92 Å². The first-order valence-electron chi connectivity index (χ1n) is 7.18. The van der Waals surface area contributed by atoms with Gasteiger partial charge in [0.1, 0.15) is 0 Å². The molecule has 1 amide bonds. The predicted octanol–water partition coefficient (Wildman–Crippen LogP) is 1.30. The highest BCUT2D eigenvalue weighted by atomic mass is 16.2. The van der Waals surface area contributed by atoms with Crippen molar-refractivity contribution < 1.29 is 4.79 Å². The molecule has 1 rings (SSSR count). The Morgan fingerprint density at radius 3 is 2.83 bits per heavy atom. The van der Waals surface area contributed by atoms with E-state index in [1.165, 1.54) is 6.42 Å². The van der Waals surface area contributed by atoms with Gasteiger partial charge in [0.2, 0.25) is 5.91 Å². The molecule has 0 aromatic carbocycles. The van der Waals surface area contributed by atoms with Gasteiger partial charge in [-0.2, -0.15) is 0 Å². The molecule has 18 heavy (non-hydrogen) atoms. The quantitative estimate of drug-likeness (QED) is 0.778. The van der Waals surface area contributed by atoms with Gasteiger partial charge < -0.3 is 15.5 Å². The summed E-state index contributed by atoms with van der Waals surface area (Å²) in [6, 6.07) is 0.404. The molecule has 106 valence electrons. The summed E-state index contributed by atoms with van der Waals surface area (Å²) in [6.45, 7) is 5.07. The zero-order chi connectivity index (χ0) is 13.5. The van der Waals surface area contributed by atoms with Crippen molar-refractivity contribution in [2.75, 3.05) is 33.7 Å². The van der Waals surface area contributed by atoms with E-state index in [0.29, 0.717) is 24.3 Å². The SMILES string of the molecule is CC(CCN)CCC(=O)N(C)C1CCCN(C)C1. The number of nitrogens with zero attached hydrogens (tertiary/aromatic N) is 2. The Balaban J connectivity index is 2.31. The van der Waals surface area contributed by atoms with Crippen molar-refractivity contribution >= 4 is 5.91 Å². The minimum Gasteiger partial charge on any atom is -0.341 e. The van der Waals surface area contributed by atoms with Gasteiger partial charge in [-0.15, -0.1) is 0 Å². The summed E-state index contributed by atoms with van der Waals surface area (Å²) < 4.78 is 0. The third-order valence-corrected chi connectivity index (χ3v) is 4.05. The van der Waals surface area contributed by atoms with E-state index >= 15 is 0 Å². The van der Waals surface area contributed by atoms with Crippen molar-refractivity contribution in [2.45, 2.75) is 45.1 Å². The van der Waals surface area contributed by atoms with Crippen LogP contribution in [0.4, 0.5) is 0 Å². The highest BCUT2D eigenvalue weighted by Gasteiger charge is 2.24. The molecule has 2 unspecified atom stereocenters. The van der Waals surface area contributed by atoms with E-state index in [1.807, 2.05) is 11.9 Å². The molecular formula is C14H29N3O. The van der Waals surface area contributed by atoms with Crippen molar-refractivity contribution in [3.05, 3.63) is 0 Å². The molecule has 1 aliphatic rings. The van der Waals surface area contributed by atoms with Crippen LogP contribution in [0.5, 0.6) is 0 Å². The van der Waals surface area contributed by atoms with E-state index in [0.717, 1.165) is 38.9 Å². The second-order valence-corrected chi connectivity index (χ2v) is 5.78. The zero-order valence-corrected chi connectivity index (χ0v) is 12.2. The molecule has 0 aromatic heterocycles. The second-order valence-electron chi connectivity index (χ2n) is 5.78. The maximum atomic E-state index is 12.1. The number of carbonyl (C=O) groups excluding carboxylic acids is 1. The third kappa shape index (κ3) is 4.94. The number of piperidine rings is 1. The number of likely N-dealkylation sites (N-methyl/N-ethyl adjacent to an activating group) is 2. The summed E-state index contributed by atoms with van der Waals surface area (Å²) >= 11 is 0. The van der Waals surface area contributed by atoms with Gasteiger partial charge in [0.05, 0.1) is 0 Å². The summed E-state index contributed by atoms with van der Waals surface area (Å²) in [6.07, 6.45) is 4.98. The Hall–Kier alpha value is -0.610. The van der Waals surface area contributed by atoms with Crippen LogP contribution in [0.2, 0.25) is 0 Å². The van der Waals surface area contributed by atoms with Crippen molar-refractivity contribution in [3.8, 4) is 0 Å². The lowest BCUT2D eigenvalue weighted by Gasteiger charge is -2.36. The molecular weight excluding hydrogens is 226 g/mol. The van der Waals surface area contributed by atoms with Crippen LogP contribution in [-0.2, 0) is 4.79 Å². The zero-order valence-electron chi connectivity index (χ0n) is 12.2. The van der Waals surface area contributed by atoms with Crippen LogP contribution in [0.15, 0.2) is 0 Å². The molecule has 1 saturated heterocycles. The first-order chi connectivity index (χ1) is 8.54. The van der Waals surface area contributed by atoms with Gasteiger partial charge in [-0.05, 0) is 51.7 Å². The summed E-state index contributed by atoms with van der Waals surface area (Å²) in [7, 11) is 4.09. The van der Waals surface area contributed by atoms with Crippen LogP contribution < -0.4 is 5.73 Å². The Morgan fingerprint density at radius 1 is 1.50 bits per heavy atom. The highest BCUT2D eigenvalue weighted by Crippen LogP contribution is 2.16. The molecule has 0 spiro atoms. The summed E-state index contributed by atoms with van der Waals surface area (Å²) in [5, 5.41) is 0. The Morgan fingerprint density at radius 2 is 2.22 bits per heavy atom.